The van der Waals surface area contributed by atoms with Gasteiger partial charge in [0.15, 0.2) is 0 Å². The second kappa shape index (κ2) is 8.08. The predicted molar refractivity (Wildman–Crippen MR) is 112 cm³/mol. The van der Waals surface area contributed by atoms with Crippen molar-refractivity contribution in [1.29, 1.82) is 0 Å². The van der Waals surface area contributed by atoms with Crippen LogP contribution < -0.4 is 10.9 Å². The van der Waals surface area contributed by atoms with Crippen molar-refractivity contribution < 1.29 is 17.6 Å². The molecule has 158 valence electrons. The Labute approximate surface area is 173 Å². The number of H-pyrrole nitrogens is 1. The Morgan fingerprint density at radius 1 is 1.30 bits per heavy atom. The Morgan fingerprint density at radius 3 is 2.87 bits per heavy atom. The molecule has 0 spiro atoms. The van der Waals surface area contributed by atoms with E-state index in [0.29, 0.717) is 35.7 Å². The van der Waals surface area contributed by atoms with Crippen LogP contribution >= 0.6 is 0 Å². The average molecular weight is 429 g/mol. The molecule has 30 heavy (non-hydrogen) atoms. The Kier molecular flexibility index (Phi) is 5.48. The van der Waals surface area contributed by atoms with E-state index < -0.39 is 21.5 Å². The third kappa shape index (κ3) is 4.03. The topological polar surface area (TPSA) is 112 Å². The number of carbonyl (C=O) groups excluding carboxylic acids is 1. The van der Waals surface area contributed by atoms with Gasteiger partial charge in [-0.05, 0) is 49.1 Å². The SMILES string of the molecule is CC1CCCN(S(=O)(=O)c2ccc3[nH]c(=O)cc(C(=O)NCc4ccco4)c3c2)C1. The van der Waals surface area contributed by atoms with Crippen LogP contribution in [0.25, 0.3) is 10.9 Å². The lowest BCUT2D eigenvalue weighted by Gasteiger charge is -2.30. The lowest BCUT2D eigenvalue weighted by atomic mass is 10.0. The number of aromatic nitrogens is 1. The van der Waals surface area contributed by atoms with E-state index in [4.69, 9.17) is 4.42 Å². The molecule has 3 aromatic rings. The quantitative estimate of drug-likeness (QED) is 0.647. The summed E-state index contributed by atoms with van der Waals surface area (Å²) >= 11 is 0. The molecule has 0 saturated carbocycles. The number of benzene rings is 1. The molecule has 1 unspecified atom stereocenters. The molecule has 4 rings (SSSR count). The first-order valence-electron chi connectivity index (χ1n) is 9.82. The van der Waals surface area contributed by atoms with Crippen molar-refractivity contribution in [3.8, 4) is 0 Å². The molecule has 1 aliphatic heterocycles. The number of hydrogen-bond acceptors (Lipinski definition) is 5. The van der Waals surface area contributed by atoms with Crippen LogP contribution in [0.4, 0.5) is 0 Å². The molecule has 0 aliphatic carbocycles. The number of nitrogens with zero attached hydrogens (tertiary/aromatic N) is 1. The van der Waals surface area contributed by atoms with E-state index in [9.17, 15) is 18.0 Å². The van der Waals surface area contributed by atoms with Crippen LogP contribution in [0.15, 0.2) is 56.8 Å². The maximum atomic E-state index is 13.1. The van der Waals surface area contributed by atoms with E-state index in [2.05, 4.69) is 10.3 Å². The molecular weight excluding hydrogens is 406 g/mol. The molecule has 8 nitrogen and oxygen atoms in total. The van der Waals surface area contributed by atoms with E-state index in [0.717, 1.165) is 12.8 Å². The summed E-state index contributed by atoms with van der Waals surface area (Å²) in [6, 6.07) is 9.07. The molecule has 0 radical (unpaired) electrons. The number of hydrogen-bond donors (Lipinski definition) is 2. The van der Waals surface area contributed by atoms with E-state index in [1.807, 2.05) is 6.92 Å². The smallest absolute Gasteiger partial charge is 0.252 e. The summed E-state index contributed by atoms with van der Waals surface area (Å²) in [5.74, 6) is 0.386. The molecule has 2 N–H and O–H groups in total. The van der Waals surface area contributed by atoms with Crippen LogP contribution in [0.3, 0.4) is 0 Å². The Morgan fingerprint density at radius 2 is 2.13 bits per heavy atom. The van der Waals surface area contributed by atoms with Gasteiger partial charge in [0.2, 0.25) is 15.6 Å². The number of amides is 1. The van der Waals surface area contributed by atoms with Crippen molar-refractivity contribution in [2.75, 3.05) is 13.1 Å². The van der Waals surface area contributed by atoms with E-state index in [-0.39, 0.29) is 17.0 Å². The van der Waals surface area contributed by atoms with E-state index >= 15 is 0 Å². The number of piperidine rings is 1. The lowest BCUT2D eigenvalue weighted by molar-refractivity contribution is 0.0949. The minimum absolute atomic E-state index is 0.108. The molecule has 9 heteroatoms. The first-order chi connectivity index (χ1) is 14.3. The van der Waals surface area contributed by atoms with Gasteiger partial charge in [-0.1, -0.05) is 6.92 Å². The van der Waals surface area contributed by atoms with Crippen LogP contribution in [-0.4, -0.2) is 36.7 Å². The molecule has 1 amide bonds. The molecule has 1 aromatic carbocycles. The minimum atomic E-state index is -3.69. The van der Waals surface area contributed by atoms with Gasteiger partial charge in [-0.3, -0.25) is 9.59 Å². The fraction of sp³-hybridized carbons (Fsp3) is 0.333. The summed E-state index contributed by atoms with van der Waals surface area (Å²) in [5.41, 5.74) is 0.0760. The van der Waals surface area contributed by atoms with Crippen molar-refractivity contribution in [3.63, 3.8) is 0 Å². The minimum Gasteiger partial charge on any atom is -0.467 e. The van der Waals surface area contributed by atoms with Crippen molar-refractivity contribution in [3.05, 3.63) is 64.3 Å². The first kappa shape index (κ1) is 20.4. The zero-order valence-electron chi connectivity index (χ0n) is 16.6. The van der Waals surface area contributed by atoms with Gasteiger partial charge >= 0.3 is 0 Å². The highest BCUT2D eigenvalue weighted by molar-refractivity contribution is 7.89. The van der Waals surface area contributed by atoms with Gasteiger partial charge < -0.3 is 14.7 Å². The summed E-state index contributed by atoms with van der Waals surface area (Å²) in [6.45, 7) is 3.15. The molecule has 3 heterocycles. The van der Waals surface area contributed by atoms with Gasteiger partial charge in [-0.25, -0.2) is 8.42 Å². The zero-order valence-corrected chi connectivity index (χ0v) is 17.4. The van der Waals surface area contributed by atoms with Gasteiger partial charge in [-0.15, -0.1) is 0 Å². The summed E-state index contributed by atoms with van der Waals surface area (Å²) in [6.07, 6.45) is 3.33. The van der Waals surface area contributed by atoms with Gasteiger partial charge in [-0.2, -0.15) is 4.31 Å². The first-order valence-corrected chi connectivity index (χ1v) is 11.3. The molecule has 0 bridgehead atoms. The Balaban J connectivity index is 1.70. The third-order valence-corrected chi connectivity index (χ3v) is 7.18. The predicted octanol–water partition coefficient (Wildman–Crippen LogP) is 2.47. The highest BCUT2D eigenvalue weighted by Gasteiger charge is 2.29. The number of sulfonamides is 1. The van der Waals surface area contributed by atoms with Crippen LogP contribution in [0.1, 0.15) is 35.9 Å². The molecule has 1 fully saturated rings. The fourth-order valence-electron chi connectivity index (χ4n) is 3.77. The standard InChI is InChI=1S/C21H23N3O5S/c1-14-4-2-8-24(13-14)30(27,28)16-6-7-19-17(10-16)18(11-20(25)23-19)21(26)22-12-15-5-3-9-29-15/h3,5-7,9-11,14H,2,4,8,12-13H2,1H3,(H,22,26)(H,23,25). The maximum absolute atomic E-state index is 13.1. The Bertz CT molecular complexity index is 1230. The Hall–Kier alpha value is -2.91. The van der Waals surface area contributed by atoms with Crippen LogP contribution in [0, 0.1) is 5.92 Å². The summed E-state index contributed by atoms with van der Waals surface area (Å²) in [5, 5.41) is 3.08. The highest BCUT2D eigenvalue weighted by atomic mass is 32.2. The summed E-state index contributed by atoms with van der Waals surface area (Å²) in [4.78, 5) is 27.5. The number of carbonyl (C=O) groups is 1. The van der Waals surface area contributed by atoms with E-state index in [1.54, 1.807) is 12.1 Å². The van der Waals surface area contributed by atoms with Crippen LogP contribution in [-0.2, 0) is 16.6 Å². The average Bonchev–Trinajstić information content (AvgIpc) is 3.24. The normalized spacial score (nSPS) is 17.8. The van der Waals surface area contributed by atoms with Gasteiger partial charge in [0.25, 0.3) is 5.91 Å². The largest absolute Gasteiger partial charge is 0.467 e. The number of furan rings is 1. The number of aromatic amines is 1. The lowest BCUT2D eigenvalue weighted by Crippen LogP contribution is -2.39. The third-order valence-electron chi connectivity index (χ3n) is 5.32. The second-order valence-corrected chi connectivity index (χ2v) is 9.57. The monoisotopic (exact) mass is 429 g/mol. The molecule has 1 saturated heterocycles. The van der Waals surface area contributed by atoms with Crippen molar-refractivity contribution >= 4 is 26.8 Å². The zero-order chi connectivity index (χ0) is 21.3. The highest BCUT2D eigenvalue weighted by Crippen LogP contribution is 2.26. The molecule has 1 atom stereocenters. The number of nitrogens with one attached hydrogen (secondary N) is 2. The molecule has 2 aromatic heterocycles. The molecular formula is C21H23N3O5S. The second-order valence-electron chi connectivity index (χ2n) is 7.63. The maximum Gasteiger partial charge on any atom is 0.252 e. The molecule has 1 aliphatic rings. The summed E-state index contributed by atoms with van der Waals surface area (Å²) in [7, 11) is -3.69. The van der Waals surface area contributed by atoms with Gasteiger partial charge in [0, 0.05) is 30.1 Å². The van der Waals surface area contributed by atoms with Crippen molar-refractivity contribution in [1.82, 2.24) is 14.6 Å². The number of rotatable bonds is 5. The summed E-state index contributed by atoms with van der Waals surface area (Å²) < 4.78 is 33.0. The van der Waals surface area contributed by atoms with Gasteiger partial charge in [0.1, 0.15) is 5.76 Å². The number of fused-ring (bicyclic) bond motifs is 1. The van der Waals surface area contributed by atoms with Crippen molar-refractivity contribution in [2.45, 2.75) is 31.2 Å². The van der Waals surface area contributed by atoms with Crippen LogP contribution in [0.5, 0.6) is 0 Å². The van der Waals surface area contributed by atoms with Crippen molar-refractivity contribution in [2.24, 2.45) is 5.92 Å². The van der Waals surface area contributed by atoms with Crippen LogP contribution in [0.2, 0.25) is 0 Å². The fourth-order valence-corrected chi connectivity index (χ4v) is 5.40. The number of pyridine rings is 1. The van der Waals surface area contributed by atoms with E-state index in [1.165, 1.54) is 34.8 Å². The van der Waals surface area contributed by atoms with Gasteiger partial charge in [0.05, 0.1) is 23.3 Å².